The van der Waals surface area contributed by atoms with Crippen molar-refractivity contribution in [3.8, 4) is 0 Å². The maximum absolute atomic E-state index is 13.6. The molecule has 0 aromatic heterocycles. The molecule has 2 fully saturated rings. The zero-order valence-corrected chi connectivity index (χ0v) is 20.0. The van der Waals surface area contributed by atoms with Gasteiger partial charge in [-0.1, -0.05) is 54.6 Å². The van der Waals surface area contributed by atoms with E-state index in [0.717, 1.165) is 48.8 Å². The normalized spacial score (nSPS) is 22.4. The second-order valence-corrected chi connectivity index (χ2v) is 10.0. The number of nitrogens with zero attached hydrogens (tertiary/aromatic N) is 2. The lowest BCUT2D eigenvalue weighted by Gasteiger charge is -2.35. The number of hydrogen-bond donors (Lipinski definition) is 1. The first-order valence-electron chi connectivity index (χ1n) is 12.6. The number of fused-ring (bicyclic) bond motifs is 1. The molecule has 2 saturated heterocycles. The van der Waals surface area contributed by atoms with Gasteiger partial charge in [-0.05, 0) is 72.3 Å². The van der Waals surface area contributed by atoms with Crippen LogP contribution in [0.5, 0.6) is 0 Å². The van der Waals surface area contributed by atoms with E-state index in [1.54, 1.807) is 18.2 Å². The lowest BCUT2D eigenvalue weighted by molar-refractivity contribution is 0.0773. The number of carbonyl (C=O) groups is 1. The lowest BCUT2D eigenvalue weighted by Crippen LogP contribution is -2.40. The van der Waals surface area contributed by atoms with Gasteiger partial charge < -0.3 is 14.9 Å². The van der Waals surface area contributed by atoms with Gasteiger partial charge in [0, 0.05) is 31.1 Å². The van der Waals surface area contributed by atoms with E-state index in [0.29, 0.717) is 19.0 Å². The molecule has 3 atom stereocenters. The van der Waals surface area contributed by atoms with Gasteiger partial charge in [-0.3, -0.25) is 4.79 Å². The maximum Gasteiger partial charge on any atom is 0.254 e. The van der Waals surface area contributed by atoms with Gasteiger partial charge >= 0.3 is 0 Å². The average molecular weight is 473 g/mol. The van der Waals surface area contributed by atoms with Crippen LogP contribution in [0.4, 0.5) is 4.39 Å². The summed E-state index contributed by atoms with van der Waals surface area (Å²) in [6.45, 7) is 7.76. The van der Waals surface area contributed by atoms with Crippen LogP contribution in [-0.2, 0) is 0 Å². The Balaban J connectivity index is 1.27. The molecule has 5 heteroatoms. The Kier molecular flexibility index (Phi) is 6.98. The summed E-state index contributed by atoms with van der Waals surface area (Å²) >= 11 is 0. The second-order valence-electron chi connectivity index (χ2n) is 10.0. The first-order chi connectivity index (χ1) is 17.0. The molecule has 0 spiro atoms. The minimum absolute atomic E-state index is 0.0266. The summed E-state index contributed by atoms with van der Waals surface area (Å²) in [6.07, 6.45) is 3.03. The van der Waals surface area contributed by atoms with Crippen LogP contribution in [0.25, 0.3) is 10.8 Å². The van der Waals surface area contributed by atoms with E-state index in [4.69, 9.17) is 0 Å². The summed E-state index contributed by atoms with van der Waals surface area (Å²) in [5, 5.41) is 12.7. The maximum atomic E-state index is 13.6. The van der Waals surface area contributed by atoms with E-state index in [2.05, 4.69) is 11.5 Å². The SMILES string of the molecule is C=CC(O)C1CN(C(=O)c2cccc3ccccc23)CC1CN1CCC(c2ccc(F)cc2)CC1. The highest BCUT2D eigenvalue weighted by atomic mass is 19.1. The van der Waals surface area contributed by atoms with Crippen molar-refractivity contribution in [2.45, 2.75) is 24.9 Å². The highest BCUT2D eigenvalue weighted by molar-refractivity contribution is 6.07. The molecule has 0 radical (unpaired) electrons. The number of rotatable bonds is 6. The molecule has 35 heavy (non-hydrogen) atoms. The number of aliphatic hydroxyl groups is 1. The molecule has 2 heterocycles. The predicted octanol–water partition coefficient (Wildman–Crippen LogP) is 5.09. The summed E-state index contributed by atoms with van der Waals surface area (Å²) in [5.74, 6) is 0.447. The number of piperidine rings is 1. The Hall–Kier alpha value is -3.02. The molecule has 0 saturated carbocycles. The van der Waals surface area contributed by atoms with Crippen LogP contribution >= 0.6 is 0 Å². The van der Waals surface area contributed by atoms with E-state index >= 15 is 0 Å². The fourth-order valence-electron chi connectivity index (χ4n) is 5.91. The van der Waals surface area contributed by atoms with Crippen LogP contribution in [0.1, 0.15) is 34.7 Å². The monoisotopic (exact) mass is 472 g/mol. The standard InChI is InChI=1S/C30H33FN2O2/c1-2-29(34)28-20-33(30(35)27-9-5-7-23-6-3-4-8-26(23)27)19-24(28)18-32-16-14-22(15-17-32)21-10-12-25(31)13-11-21/h2-13,22,24,28-29,34H,1,14-20H2. The predicted molar refractivity (Wildman–Crippen MR) is 138 cm³/mol. The fraction of sp³-hybridized carbons (Fsp3) is 0.367. The minimum atomic E-state index is -0.637. The number of benzene rings is 3. The second kappa shape index (κ2) is 10.3. The molecular weight excluding hydrogens is 439 g/mol. The Morgan fingerprint density at radius 1 is 1.03 bits per heavy atom. The van der Waals surface area contributed by atoms with E-state index in [9.17, 15) is 14.3 Å². The van der Waals surface area contributed by atoms with Crippen molar-refractivity contribution in [2.75, 3.05) is 32.7 Å². The summed E-state index contributed by atoms with van der Waals surface area (Å²) < 4.78 is 13.3. The molecule has 2 aliphatic rings. The number of aliphatic hydroxyl groups excluding tert-OH is 1. The summed E-state index contributed by atoms with van der Waals surface area (Å²) in [5.41, 5.74) is 1.93. The van der Waals surface area contributed by atoms with Crippen molar-refractivity contribution < 1.29 is 14.3 Å². The molecule has 1 N–H and O–H groups in total. The van der Waals surface area contributed by atoms with Crippen molar-refractivity contribution in [3.05, 3.63) is 96.3 Å². The molecule has 4 nitrogen and oxygen atoms in total. The molecule has 3 aromatic rings. The smallest absolute Gasteiger partial charge is 0.254 e. The van der Waals surface area contributed by atoms with Crippen LogP contribution < -0.4 is 0 Å². The van der Waals surface area contributed by atoms with Crippen molar-refractivity contribution in [1.29, 1.82) is 0 Å². The topological polar surface area (TPSA) is 43.8 Å². The van der Waals surface area contributed by atoms with E-state index in [1.807, 2.05) is 59.5 Å². The quantitative estimate of drug-likeness (QED) is 0.508. The van der Waals surface area contributed by atoms with E-state index in [1.165, 1.54) is 5.56 Å². The Morgan fingerprint density at radius 2 is 1.74 bits per heavy atom. The van der Waals surface area contributed by atoms with Crippen LogP contribution in [0.3, 0.4) is 0 Å². The van der Waals surface area contributed by atoms with Crippen molar-refractivity contribution in [1.82, 2.24) is 9.80 Å². The van der Waals surface area contributed by atoms with E-state index in [-0.39, 0.29) is 23.6 Å². The van der Waals surface area contributed by atoms with Gasteiger partial charge in [0.1, 0.15) is 5.82 Å². The lowest BCUT2D eigenvalue weighted by atomic mass is 9.87. The number of amides is 1. The Labute approximate surface area is 206 Å². The molecule has 182 valence electrons. The first-order valence-corrected chi connectivity index (χ1v) is 12.6. The van der Waals surface area contributed by atoms with Gasteiger partial charge in [0.2, 0.25) is 0 Å². The van der Waals surface area contributed by atoms with Gasteiger partial charge in [-0.25, -0.2) is 4.39 Å². The van der Waals surface area contributed by atoms with Crippen molar-refractivity contribution in [2.24, 2.45) is 11.8 Å². The number of carbonyl (C=O) groups excluding carboxylic acids is 1. The third-order valence-electron chi connectivity index (χ3n) is 7.90. The Morgan fingerprint density at radius 3 is 2.49 bits per heavy atom. The van der Waals surface area contributed by atoms with Crippen LogP contribution in [0.15, 0.2) is 79.4 Å². The molecule has 5 rings (SSSR count). The van der Waals surface area contributed by atoms with Crippen molar-refractivity contribution >= 4 is 16.7 Å². The summed E-state index contributed by atoms with van der Waals surface area (Å²) in [6, 6.07) is 20.7. The van der Waals surface area contributed by atoms with Gasteiger partial charge in [0.15, 0.2) is 0 Å². The molecule has 3 unspecified atom stereocenters. The third kappa shape index (κ3) is 5.02. The van der Waals surface area contributed by atoms with Crippen LogP contribution in [0.2, 0.25) is 0 Å². The molecule has 3 aromatic carbocycles. The third-order valence-corrected chi connectivity index (χ3v) is 7.90. The van der Waals surface area contributed by atoms with Gasteiger partial charge in [0.25, 0.3) is 5.91 Å². The number of likely N-dealkylation sites (tertiary alicyclic amines) is 2. The number of halogens is 1. The molecular formula is C30H33FN2O2. The zero-order valence-electron chi connectivity index (χ0n) is 20.0. The fourth-order valence-corrected chi connectivity index (χ4v) is 5.91. The van der Waals surface area contributed by atoms with Crippen molar-refractivity contribution in [3.63, 3.8) is 0 Å². The molecule has 0 aliphatic carbocycles. The summed E-state index contributed by atoms with van der Waals surface area (Å²) in [4.78, 5) is 17.9. The molecule has 2 aliphatic heterocycles. The van der Waals surface area contributed by atoms with E-state index < -0.39 is 6.10 Å². The number of hydrogen-bond acceptors (Lipinski definition) is 3. The van der Waals surface area contributed by atoms with Crippen LogP contribution in [-0.4, -0.2) is 59.6 Å². The molecule has 0 bridgehead atoms. The van der Waals surface area contributed by atoms with Gasteiger partial charge in [0.05, 0.1) is 6.10 Å². The highest BCUT2D eigenvalue weighted by Crippen LogP contribution is 2.33. The zero-order chi connectivity index (χ0) is 24.4. The Bertz CT molecular complexity index is 1180. The van der Waals surface area contributed by atoms with Crippen LogP contribution in [0, 0.1) is 17.7 Å². The largest absolute Gasteiger partial charge is 0.389 e. The van der Waals surface area contributed by atoms with Gasteiger partial charge in [-0.2, -0.15) is 0 Å². The highest BCUT2D eigenvalue weighted by Gasteiger charge is 2.40. The minimum Gasteiger partial charge on any atom is -0.389 e. The molecule has 1 amide bonds. The summed E-state index contributed by atoms with van der Waals surface area (Å²) in [7, 11) is 0. The van der Waals surface area contributed by atoms with Gasteiger partial charge in [-0.15, -0.1) is 6.58 Å². The average Bonchev–Trinajstić information content (AvgIpc) is 3.32. The first kappa shape index (κ1) is 23.7.